The Morgan fingerprint density at radius 3 is 2.57 bits per heavy atom. The molecule has 0 spiro atoms. The Balaban J connectivity index is 2.22. The third kappa shape index (κ3) is 3.58. The summed E-state index contributed by atoms with van der Waals surface area (Å²) in [4.78, 5) is 2.40. The van der Waals surface area contributed by atoms with Crippen LogP contribution in [-0.2, 0) is 0 Å². The first-order valence-electron chi connectivity index (χ1n) is 6.04. The zero-order valence-corrected chi connectivity index (χ0v) is 9.87. The Morgan fingerprint density at radius 2 is 2.07 bits per heavy atom. The predicted octanol–water partition coefficient (Wildman–Crippen LogP) is 2.13. The molecule has 84 valence electrons. The molecule has 3 atom stereocenters. The second-order valence-corrected chi connectivity index (χ2v) is 4.95. The molecule has 1 N–H and O–H groups in total. The van der Waals surface area contributed by atoms with E-state index in [9.17, 15) is 5.11 Å². The van der Waals surface area contributed by atoms with Crippen LogP contribution in [0, 0.1) is 11.8 Å². The van der Waals surface area contributed by atoms with Gasteiger partial charge >= 0.3 is 0 Å². The Bertz CT molecular complexity index is 160. The number of likely N-dealkylation sites (tertiary alicyclic amines) is 1. The van der Waals surface area contributed by atoms with Crippen LogP contribution in [0.5, 0.6) is 0 Å². The highest BCUT2D eigenvalue weighted by Gasteiger charge is 2.23. The molecule has 1 unspecified atom stereocenters. The zero-order chi connectivity index (χ0) is 10.6. The van der Waals surface area contributed by atoms with Crippen LogP contribution in [0.1, 0.15) is 40.0 Å². The third-order valence-corrected chi connectivity index (χ3v) is 3.51. The topological polar surface area (TPSA) is 23.5 Å². The lowest BCUT2D eigenvalue weighted by Gasteiger charge is -2.25. The summed E-state index contributed by atoms with van der Waals surface area (Å²) in [5.74, 6) is 1.58. The lowest BCUT2D eigenvalue weighted by molar-refractivity contribution is 0.163. The van der Waals surface area contributed by atoms with Crippen molar-refractivity contribution in [3.63, 3.8) is 0 Å². The van der Waals surface area contributed by atoms with Crippen molar-refractivity contribution >= 4 is 0 Å². The van der Waals surface area contributed by atoms with Crippen LogP contribution in [0.3, 0.4) is 0 Å². The fraction of sp³-hybridized carbons (Fsp3) is 1.00. The van der Waals surface area contributed by atoms with E-state index in [0.717, 1.165) is 37.9 Å². The van der Waals surface area contributed by atoms with Crippen molar-refractivity contribution in [1.29, 1.82) is 0 Å². The monoisotopic (exact) mass is 199 g/mol. The summed E-state index contributed by atoms with van der Waals surface area (Å²) >= 11 is 0. The molecule has 0 saturated carbocycles. The normalized spacial score (nSPS) is 27.9. The minimum atomic E-state index is -0.0660. The van der Waals surface area contributed by atoms with Gasteiger partial charge in [0, 0.05) is 19.6 Å². The van der Waals surface area contributed by atoms with Crippen molar-refractivity contribution in [1.82, 2.24) is 4.90 Å². The summed E-state index contributed by atoms with van der Waals surface area (Å²) in [5.41, 5.74) is 0. The predicted molar refractivity (Wildman–Crippen MR) is 60.3 cm³/mol. The van der Waals surface area contributed by atoms with E-state index >= 15 is 0 Å². The maximum atomic E-state index is 9.41. The molecular weight excluding hydrogens is 174 g/mol. The van der Waals surface area contributed by atoms with Crippen LogP contribution in [0.25, 0.3) is 0 Å². The highest BCUT2D eigenvalue weighted by Crippen LogP contribution is 2.20. The van der Waals surface area contributed by atoms with Gasteiger partial charge in [0.15, 0.2) is 0 Å². The van der Waals surface area contributed by atoms with Gasteiger partial charge in [-0.1, -0.05) is 33.6 Å². The van der Waals surface area contributed by atoms with Gasteiger partial charge in [0.05, 0.1) is 6.10 Å². The minimum Gasteiger partial charge on any atom is -0.392 e. The van der Waals surface area contributed by atoms with E-state index in [1.54, 1.807) is 0 Å². The molecule has 2 nitrogen and oxygen atoms in total. The van der Waals surface area contributed by atoms with Crippen LogP contribution in [-0.4, -0.2) is 35.7 Å². The second kappa shape index (κ2) is 5.72. The van der Waals surface area contributed by atoms with Gasteiger partial charge in [-0.2, -0.15) is 0 Å². The second-order valence-electron chi connectivity index (χ2n) is 4.95. The van der Waals surface area contributed by atoms with E-state index in [-0.39, 0.29) is 6.10 Å². The summed E-state index contributed by atoms with van der Waals surface area (Å²) in [5, 5.41) is 9.41. The van der Waals surface area contributed by atoms with Crippen LogP contribution < -0.4 is 0 Å². The van der Waals surface area contributed by atoms with E-state index in [1.165, 1.54) is 12.8 Å². The molecule has 0 aromatic heterocycles. The Morgan fingerprint density at radius 1 is 1.36 bits per heavy atom. The van der Waals surface area contributed by atoms with Crippen molar-refractivity contribution in [3.8, 4) is 0 Å². The number of hydrogen-bond acceptors (Lipinski definition) is 2. The number of β-amino-alcohol motifs (C(OH)–C–C–N with tert-alkyl or cyclic N) is 1. The van der Waals surface area contributed by atoms with Crippen molar-refractivity contribution in [3.05, 3.63) is 0 Å². The van der Waals surface area contributed by atoms with E-state index in [2.05, 4.69) is 25.7 Å². The molecule has 1 aliphatic heterocycles. The maximum Gasteiger partial charge on any atom is 0.0679 e. The van der Waals surface area contributed by atoms with Crippen molar-refractivity contribution in [2.75, 3.05) is 19.6 Å². The highest BCUT2D eigenvalue weighted by molar-refractivity contribution is 4.77. The molecule has 2 heteroatoms. The fourth-order valence-corrected chi connectivity index (χ4v) is 2.31. The zero-order valence-electron chi connectivity index (χ0n) is 9.87. The summed E-state index contributed by atoms with van der Waals surface area (Å²) in [6.45, 7) is 10.1. The van der Waals surface area contributed by atoms with E-state index < -0.39 is 0 Å². The number of nitrogens with zero attached hydrogens (tertiary/aromatic N) is 1. The third-order valence-electron chi connectivity index (χ3n) is 3.51. The van der Waals surface area contributed by atoms with Crippen LogP contribution >= 0.6 is 0 Å². The largest absolute Gasteiger partial charge is 0.392 e. The molecule has 14 heavy (non-hydrogen) atoms. The van der Waals surface area contributed by atoms with E-state index in [4.69, 9.17) is 0 Å². The first-order valence-corrected chi connectivity index (χ1v) is 6.04. The number of aliphatic hydroxyl groups excluding tert-OH is 1. The average molecular weight is 199 g/mol. The lowest BCUT2D eigenvalue weighted by atomic mass is 9.91. The van der Waals surface area contributed by atoms with Gasteiger partial charge in [-0.25, -0.2) is 0 Å². The highest BCUT2D eigenvalue weighted by atomic mass is 16.3. The Labute approximate surface area is 88.3 Å². The fourth-order valence-electron chi connectivity index (χ4n) is 2.31. The molecule has 1 saturated heterocycles. The molecule has 0 aromatic carbocycles. The van der Waals surface area contributed by atoms with Gasteiger partial charge in [0.25, 0.3) is 0 Å². The van der Waals surface area contributed by atoms with Crippen molar-refractivity contribution in [2.24, 2.45) is 11.8 Å². The molecule has 1 fully saturated rings. The minimum absolute atomic E-state index is 0.0660. The quantitative estimate of drug-likeness (QED) is 0.733. The first kappa shape index (κ1) is 12.0. The van der Waals surface area contributed by atoms with Gasteiger partial charge in [-0.3, -0.25) is 0 Å². The average Bonchev–Trinajstić information content (AvgIpc) is 2.51. The van der Waals surface area contributed by atoms with E-state index in [0.29, 0.717) is 0 Å². The molecule has 1 rings (SSSR count). The standard InChI is InChI=1S/C12H25NO/c1-4-5-10(2)11(3)8-13-7-6-12(14)9-13/h10-12,14H,4-9H2,1-3H3/t10?,11-,12+/m0/s1. The van der Waals surface area contributed by atoms with Crippen LogP contribution in [0.2, 0.25) is 0 Å². The summed E-state index contributed by atoms with van der Waals surface area (Å²) in [6, 6.07) is 0. The lowest BCUT2D eigenvalue weighted by Crippen LogP contribution is -2.29. The Hall–Kier alpha value is -0.0800. The van der Waals surface area contributed by atoms with Crippen molar-refractivity contribution in [2.45, 2.75) is 46.1 Å². The SMILES string of the molecule is CCCC(C)[C@@H](C)CN1CC[C@@H](O)C1. The van der Waals surface area contributed by atoms with Crippen LogP contribution in [0.15, 0.2) is 0 Å². The molecule has 0 bridgehead atoms. The molecule has 0 amide bonds. The van der Waals surface area contributed by atoms with E-state index in [1.807, 2.05) is 0 Å². The van der Waals surface area contributed by atoms with Gasteiger partial charge in [0.1, 0.15) is 0 Å². The summed E-state index contributed by atoms with van der Waals surface area (Å²) in [7, 11) is 0. The number of aliphatic hydroxyl groups is 1. The van der Waals surface area contributed by atoms with Gasteiger partial charge in [-0.05, 0) is 18.3 Å². The van der Waals surface area contributed by atoms with Gasteiger partial charge in [-0.15, -0.1) is 0 Å². The smallest absolute Gasteiger partial charge is 0.0679 e. The molecule has 0 aliphatic carbocycles. The number of rotatable bonds is 5. The van der Waals surface area contributed by atoms with Crippen LogP contribution in [0.4, 0.5) is 0 Å². The van der Waals surface area contributed by atoms with Gasteiger partial charge in [0.2, 0.25) is 0 Å². The summed E-state index contributed by atoms with van der Waals surface area (Å²) in [6.07, 6.45) is 3.52. The molecule has 1 heterocycles. The van der Waals surface area contributed by atoms with Gasteiger partial charge < -0.3 is 10.0 Å². The summed E-state index contributed by atoms with van der Waals surface area (Å²) < 4.78 is 0. The number of hydrogen-bond donors (Lipinski definition) is 1. The van der Waals surface area contributed by atoms with Crippen molar-refractivity contribution < 1.29 is 5.11 Å². The first-order chi connectivity index (χ1) is 6.63. The molecule has 0 aromatic rings. The maximum absolute atomic E-state index is 9.41. The molecule has 1 aliphatic rings. The molecular formula is C12H25NO. The molecule has 0 radical (unpaired) electrons. The Kier molecular flexibility index (Phi) is 4.90.